The van der Waals surface area contributed by atoms with Crippen LogP contribution in [-0.2, 0) is 0 Å². The Labute approximate surface area is 154 Å². The highest BCUT2D eigenvalue weighted by Crippen LogP contribution is 2.30. The summed E-state index contributed by atoms with van der Waals surface area (Å²) in [6.07, 6.45) is 1.85. The molecule has 0 fully saturated rings. The lowest BCUT2D eigenvalue weighted by Crippen LogP contribution is -2.09. The number of nitriles is 2. The van der Waals surface area contributed by atoms with Crippen molar-refractivity contribution in [2.24, 2.45) is 0 Å². The highest BCUT2D eigenvalue weighted by molar-refractivity contribution is 5.90. The Morgan fingerprint density at radius 1 is 0.923 bits per heavy atom. The third-order valence-corrected chi connectivity index (χ3v) is 3.46. The van der Waals surface area contributed by atoms with E-state index >= 15 is 0 Å². The first-order valence-corrected chi connectivity index (χ1v) is 8.52. The second kappa shape index (κ2) is 8.74. The maximum absolute atomic E-state index is 9.56. The number of rotatable bonds is 6. The lowest BCUT2D eigenvalue weighted by Gasteiger charge is -2.16. The normalized spacial score (nSPS) is 11.2. The maximum Gasteiger partial charge on any atom is 0.130 e. The summed E-state index contributed by atoms with van der Waals surface area (Å²) >= 11 is 0. The summed E-state index contributed by atoms with van der Waals surface area (Å²) < 4.78 is 11.6. The summed E-state index contributed by atoms with van der Waals surface area (Å²) in [5.74, 6) is 1.39. The molecule has 0 heterocycles. The van der Waals surface area contributed by atoms with E-state index in [-0.39, 0.29) is 12.2 Å². The number of nitrogens with zero attached hydrogens (tertiary/aromatic N) is 2. The summed E-state index contributed by atoms with van der Waals surface area (Å²) in [5.41, 5.74) is 2.62. The molecule has 0 aromatic heterocycles. The molecule has 0 aliphatic carbocycles. The zero-order valence-corrected chi connectivity index (χ0v) is 15.5. The first-order chi connectivity index (χ1) is 12.4. The number of benzene rings is 2. The predicted octanol–water partition coefficient (Wildman–Crippen LogP) is 5.20. The van der Waals surface area contributed by atoms with Crippen LogP contribution in [0.4, 0.5) is 0 Å². The minimum absolute atomic E-state index is 0.00287. The molecule has 0 bridgehead atoms. The summed E-state index contributed by atoms with van der Waals surface area (Å²) in [5, 5.41) is 18.5. The number of hydrogen-bond acceptors (Lipinski definition) is 4. The van der Waals surface area contributed by atoms with E-state index in [1.807, 2.05) is 45.9 Å². The van der Waals surface area contributed by atoms with Gasteiger partial charge in [0.15, 0.2) is 0 Å². The van der Waals surface area contributed by atoms with Crippen molar-refractivity contribution in [3.63, 3.8) is 0 Å². The van der Waals surface area contributed by atoms with Gasteiger partial charge in [0, 0.05) is 11.6 Å². The quantitative estimate of drug-likeness (QED) is 0.533. The van der Waals surface area contributed by atoms with Crippen molar-refractivity contribution in [2.75, 3.05) is 0 Å². The van der Waals surface area contributed by atoms with Gasteiger partial charge in [-0.25, -0.2) is 0 Å². The van der Waals surface area contributed by atoms with E-state index in [1.165, 1.54) is 0 Å². The fourth-order valence-corrected chi connectivity index (χ4v) is 2.40. The van der Waals surface area contributed by atoms with Gasteiger partial charge >= 0.3 is 0 Å². The Hall–Kier alpha value is -3.24. The largest absolute Gasteiger partial charge is 0.491 e. The van der Waals surface area contributed by atoms with Gasteiger partial charge in [-0.1, -0.05) is 12.1 Å². The average molecular weight is 346 g/mol. The SMILES string of the molecule is CC(C)Oc1ccc(/C=C(/C#N)c2ccc(C#N)cc2)c(OC(C)C)c1. The Morgan fingerprint density at radius 3 is 2.12 bits per heavy atom. The van der Waals surface area contributed by atoms with Crippen LogP contribution in [0.5, 0.6) is 11.5 Å². The van der Waals surface area contributed by atoms with E-state index in [0.29, 0.717) is 16.9 Å². The van der Waals surface area contributed by atoms with Crippen LogP contribution >= 0.6 is 0 Å². The fourth-order valence-electron chi connectivity index (χ4n) is 2.40. The molecule has 0 atom stereocenters. The van der Waals surface area contributed by atoms with Crippen molar-refractivity contribution >= 4 is 11.6 Å². The van der Waals surface area contributed by atoms with E-state index in [1.54, 1.807) is 30.3 Å². The number of ether oxygens (including phenoxy) is 2. The standard InChI is InChI=1S/C22H22N2O2/c1-15(2)25-21-10-9-19(22(12-21)26-16(3)4)11-20(14-24)18-7-5-17(13-23)6-8-18/h5-12,15-16H,1-4H3/b20-11-. The minimum Gasteiger partial charge on any atom is -0.491 e. The summed E-state index contributed by atoms with van der Waals surface area (Å²) in [6.45, 7) is 7.84. The Bertz CT molecular complexity index is 866. The highest BCUT2D eigenvalue weighted by atomic mass is 16.5. The smallest absolute Gasteiger partial charge is 0.130 e. The van der Waals surface area contributed by atoms with Crippen LogP contribution in [0.1, 0.15) is 44.4 Å². The molecule has 2 aromatic carbocycles. The van der Waals surface area contributed by atoms with Crippen molar-refractivity contribution < 1.29 is 9.47 Å². The molecule has 0 saturated heterocycles. The molecule has 0 unspecified atom stereocenters. The third kappa shape index (κ3) is 5.13. The molecule has 0 N–H and O–H groups in total. The summed E-state index contributed by atoms with van der Waals surface area (Å²) in [4.78, 5) is 0. The first-order valence-electron chi connectivity index (χ1n) is 8.52. The second-order valence-electron chi connectivity index (χ2n) is 6.39. The van der Waals surface area contributed by atoms with Gasteiger partial charge in [0.1, 0.15) is 11.5 Å². The molecule has 0 radical (unpaired) electrons. The molecule has 0 aliphatic rings. The van der Waals surface area contributed by atoms with E-state index < -0.39 is 0 Å². The molecule has 0 amide bonds. The molecule has 0 spiro atoms. The van der Waals surface area contributed by atoms with Crippen molar-refractivity contribution in [3.8, 4) is 23.6 Å². The molecular weight excluding hydrogens is 324 g/mol. The van der Waals surface area contributed by atoms with Crippen LogP contribution < -0.4 is 9.47 Å². The van der Waals surface area contributed by atoms with Gasteiger partial charge in [-0.05, 0) is 63.6 Å². The molecule has 4 nitrogen and oxygen atoms in total. The lowest BCUT2D eigenvalue weighted by molar-refractivity contribution is 0.229. The van der Waals surface area contributed by atoms with Crippen LogP contribution in [-0.4, -0.2) is 12.2 Å². The molecule has 2 rings (SSSR count). The lowest BCUT2D eigenvalue weighted by atomic mass is 10.0. The van der Waals surface area contributed by atoms with Crippen molar-refractivity contribution in [3.05, 3.63) is 59.2 Å². The van der Waals surface area contributed by atoms with Crippen molar-refractivity contribution in [1.82, 2.24) is 0 Å². The van der Waals surface area contributed by atoms with Crippen LogP contribution in [0.25, 0.3) is 11.6 Å². The number of hydrogen-bond donors (Lipinski definition) is 0. The molecule has 0 saturated carbocycles. The first kappa shape index (κ1) is 19.1. The molecular formula is C22H22N2O2. The van der Waals surface area contributed by atoms with E-state index in [9.17, 15) is 5.26 Å². The monoisotopic (exact) mass is 346 g/mol. The van der Waals surface area contributed by atoms with Gasteiger partial charge in [-0.15, -0.1) is 0 Å². The van der Waals surface area contributed by atoms with E-state index in [2.05, 4.69) is 12.1 Å². The zero-order valence-electron chi connectivity index (χ0n) is 15.5. The topological polar surface area (TPSA) is 66.0 Å². The van der Waals surface area contributed by atoms with E-state index in [0.717, 1.165) is 16.9 Å². The minimum atomic E-state index is -0.00287. The average Bonchev–Trinajstić information content (AvgIpc) is 2.60. The van der Waals surface area contributed by atoms with Gasteiger partial charge in [0.05, 0.1) is 35.5 Å². The Morgan fingerprint density at radius 2 is 1.58 bits per heavy atom. The van der Waals surface area contributed by atoms with E-state index in [4.69, 9.17) is 14.7 Å². The fraction of sp³-hybridized carbons (Fsp3) is 0.273. The highest BCUT2D eigenvalue weighted by Gasteiger charge is 2.10. The molecule has 0 aliphatic heterocycles. The van der Waals surface area contributed by atoms with Crippen LogP contribution in [0, 0.1) is 22.7 Å². The second-order valence-corrected chi connectivity index (χ2v) is 6.39. The van der Waals surface area contributed by atoms with Crippen LogP contribution in [0.15, 0.2) is 42.5 Å². The van der Waals surface area contributed by atoms with Gasteiger partial charge in [0.25, 0.3) is 0 Å². The van der Waals surface area contributed by atoms with Gasteiger partial charge in [0.2, 0.25) is 0 Å². The molecule has 4 heteroatoms. The van der Waals surface area contributed by atoms with Gasteiger partial charge in [-0.2, -0.15) is 10.5 Å². The molecule has 132 valence electrons. The third-order valence-electron chi connectivity index (χ3n) is 3.46. The van der Waals surface area contributed by atoms with Crippen molar-refractivity contribution in [1.29, 1.82) is 10.5 Å². The Balaban J connectivity index is 2.44. The number of allylic oxidation sites excluding steroid dienone is 1. The van der Waals surface area contributed by atoms with Crippen LogP contribution in [0.2, 0.25) is 0 Å². The zero-order chi connectivity index (χ0) is 19.1. The van der Waals surface area contributed by atoms with Gasteiger partial charge < -0.3 is 9.47 Å². The van der Waals surface area contributed by atoms with Crippen molar-refractivity contribution in [2.45, 2.75) is 39.9 Å². The Kier molecular flexibility index (Phi) is 6.42. The maximum atomic E-state index is 9.56. The molecule has 2 aromatic rings. The summed E-state index contributed by atoms with van der Waals surface area (Å²) in [7, 11) is 0. The van der Waals surface area contributed by atoms with Gasteiger partial charge in [-0.3, -0.25) is 0 Å². The predicted molar refractivity (Wildman–Crippen MR) is 103 cm³/mol. The summed E-state index contributed by atoms with van der Waals surface area (Å²) in [6, 6.07) is 16.8. The van der Waals surface area contributed by atoms with Crippen LogP contribution in [0.3, 0.4) is 0 Å². The molecule has 26 heavy (non-hydrogen) atoms.